The molecule has 4 heteroatoms. The lowest BCUT2D eigenvalue weighted by Gasteiger charge is -2.18. The summed E-state index contributed by atoms with van der Waals surface area (Å²) >= 11 is 6.03. The Kier molecular flexibility index (Phi) is 4.12. The van der Waals surface area contributed by atoms with E-state index in [1.54, 1.807) is 6.92 Å². The van der Waals surface area contributed by atoms with Gasteiger partial charge < -0.3 is 5.73 Å². The van der Waals surface area contributed by atoms with Crippen LogP contribution in [0.4, 0.5) is 0 Å². The Morgan fingerprint density at radius 1 is 1.40 bits per heavy atom. The van der Waals surface area contributed by atoms with E-state index in [-0.39, 0.29) is 18.0 Å². The number of carbonyl (C=O) groups excluding carboxylic acids is 1. The summed E-state index contributed by atoms with van der Waals surface area (Å²) in [7, 11) is 0. The van der Waals surface area contributed by atoms with Gasteiger partial charge in [0, 0.05) is 11.1 Å². The monoisotopic (exact) mass is 226 g/mol. The predicted octanol–water partition coefficient (Wildman–Crippen LogP) is 1.86. The van der Waals surface area contributed by atoms with Crippen molar-refractivity contribution >= 4 is 17.5 Å². The molecule has 0 unspecified atom stereocenters. The second-order valence-corrected chi connectivity index (χ2v) is 3.94. The SMILES string of the molecule is C[C@H](N[C@H](C)c1ccccc1Cl)C(N)=O. The van der Waals surface area contributed by atoms with E-state index in [1.807, 2.05) is 31.2 Å². The van der Waals surface area contributed by atoms with Crippen LogP contribution in [0.15, 0.2) is 24.3 Å². The molecule has 0 aliphatic heterocycles. The number of nitrogens with one attached hydrogen (secondary N) is 1. The minimum atomic E-state index is -0.367. The lowest BCUT2D eigenvalue weighted by Crippen LogP contribution is -2.40. The third kappa shape index (κ3) is 3.22. The highest BCUT2D eigenvalue weighted by atomic mass is 35.5. The van der Waals surface area contributed by atoms with Crippen LogP contribution in [-0.2, 0) is 4.79 Å². The number of benzene rings is 1. The van der Waals surface area contributed by atoms with Crippen molar-refractivity contribution in [1.29, 1.82) is 0 Å². The number of carbonyl (C=O) groups is 1. The molecule has 0 saturated heterocycles. The molecule has 0 saturated carbocycles. The van der Waals surface area contributed by atoms with Crippen molar-refractivity contribution in [2.75, 3.05) is 0 Å². The molecule has 1 amide bonds. The van der Waals surface area contributed by atoms with Gasteiger partial charge >= 0.3 is 0 Å². The van der Waals surface area contributed by atoms with Gasteiger partial charge in [0.1, 0.15) is 0 Å². The molecule has 1 aromatic carbocycles. The molecular weight excluding hydrogens is 212 g/mol. The van der Waals surface area contributed by atoms with Crippen molar-refractivity contribution in [3.05, 3.63) is 34.9 Å². The highest BCUT2D eigenvalue weighted by molar-refractivity contribution is 6.31. The maximum Gasteiger partial charge on any atom is 0.234 e. The van der Waals surface area contributed by atoms with E-state index in [0.29, 0.717) is 5.02 Å². The molecule has 0 aliphatic rings. The molecule has 3 N–H and O–H groups in total. The molecule has 2 atom stereocenters. The molecule has 1 rings (SSSR count). The van der Waals surface area contributed by atoms with Gasteiger partial charge in [-0.15, -0.1) is 0 Å². The second kappa shape index (κ2) is 5.14. The topological polar surface area (TPSA) is 55.1 Å². The fourth-order valence-corrected chi connectivity index (χ4v) is 1.67. The van der Waals surface area contributed by atoms with Crippen LogP contribution >= 0.6 is 11.6 Å². The molecule has 0 radical (unpaired) electrons. The summed E-state index contributed by atoms with van der Waals surface area (Å²) < 4.78 is 0. The first-order valence-electron chi connectivity index (χ1n) is 4.82. The predicted molar refractivity (Wildman–Crippen MR) is 61.7 cm³/mol. The summed E-state index contributed by atoms with van der Waals surface area (Å²) in [6.07, 6.45) is 0. The quantitative estimate of drug-likeness (QED) is 0.824. The molecule has 0 aromatic heterocycles. The number of nitrogens with two attached hydrogens (primary N) is 1. The van der Waals surface area contributed by atoms with Crippen LogP contribution < -0.4 is 11.1 Å². The highest BCUT2D eigenvalue weighted by Crippen LogP contribution is 2.22. The van der Waals surface area contributed by atoms with Gasteiger partial charge in [-0.2, -0.15) is 0 Å². The van der Waals surface area contributed by atoms with Gasteiger partial charge in [0.2, 0.25) is 5.91 Å². The van der Waals surface area contributed by atoms with Crippen molar-refractivity contribution < 1.29 is 4.79 Å². The smallest absolute Gasteiger partial charge is 0.234 e. The van der Waals surface area contributed by atoms with Crippen LogP contribution in [0.5, 0.6) is 0 Å². The van der Waals surface area contributed by atoms with E-state index >= 15 is 0 Å². The minimum Gasteiger partial charge on any atom is -0.368 e. The standard InChI is InChI=1S/C11H15ClN2O/c1-7(14-8(2)11(13)15)9-5-3-4-6-10(9)12/h3-8,14H,1-2H3,(H2,13,15)/t7-,8+/m1/s1. The lowest BCUT2D eigenvalue weighted by atomic mass is 10.1. The third-order valence-corrected chi connectivity index (χ3v) is 2.64. The molecule has 15 heavy (non-hydrogen) atoms. The van der Waals surface area contributed by atoms with Crippen molar-refractivity contribution in [3.8, 4) is 0 Å². The number of amides is 1. The molecule has 3 nitrogen and oxygen atoms in total. The molecule has 0 bridgehead atoms. The Bertz CT molecular complexity index is 354. The van der Waals surface area contributed by atoms with Gasteiger partial charge in [-0.25, -0.2) is 0 Å². The van der Waals surface area contributed by atoms with Gasteiger partial charge in [0.05, 0.1) is 6.04 Å². The van der Waals surface area contributed by atoms with Gasteiger partial charge in [-0.05, 0) is 25.5 Å². The summed E-state index contributed by atoms with van der Waals surface area (Å²) in [4.78, 5) is 10.9. The van der Waals surface area contributed by atoms with Crippen LogP contribution in [0, 0.1) is 0 Å². The lowest BCUT2D eigenvalue weighted by molar-refractivity contribution is -0.119. The largest absolute Gasteiger partial charge is 0.368 e. The maximum atomic E-state index is 10.9. The van der Waals surface area contributed by atoms with E-state index in [2.05, 4.69) is 5.32 Å². The van der Waals surface area contributed by atoms with Gasteiger partial charge in [0.25, 0.3) is 0 Å². The second-order valence-electron chi connectivity index (χ2n) is 3.53. The summed E-state index contributed by atoms with van der Waals surface area (Å²) in [5, 5.41) is 3.77. The number of rotatable bonds is 4. The molecule has 0 heterocycles. The van der Waals surface area contributed by atoms with Crippen LogP contribution in [0.3, 0.4) is 0 Å². The highest BCUT2D eigenvalue weighted by Gasteiger charge is 2.14. The van der Waals surface area contributed by atoms with E-state index in [4.69, 9.17) is 17.3 Å². The van der Waals surface area contributed by atoms with E-state index in [9.17, 15) is 4.79 Å². The van der Waals surface area contributed by atoms with Crippen molar-refractivity contribution in [1.82, 2.24) is 5.32 Å². The fraction of sp³-hybridized carbons (Fsp3) is 0.364. The molecule has 82 valence electrons. The molecule has 0 aliphatic carbocycles. The first-order chi connectivity index (χ1) is 7.02. The van der Waals surface area contributed by atoms with Crippen LogP contribution in [0.1, 0.15) is 25.5 Å². The Morgan fingerprint density at radius 2 is 2.00 bits per heavy atom. The van der Waals surface area contributed by atoms with Crippen molar-refractivity contribution in [2.24, 2.45) is 5.73 Å². The Morgan fingerprint density at radius 3 is 2.53 bits per heavy atom. The van der Waals surface area contributed by atoms with E-state index < -0.39 is 0 Å². The maximum absolute atomic E-state index is 10.9. The van der Waals surface area contributed by atoms with Crippen molar-refractivity contribution in [2.45, 2.75) is 25.9 Å². The van der Waals surface area contributed by atoms with Crippen LogP contribution in [0.2, 0.25) is 5.02 Å². The van der Waals surface area contributed by atoms with E-state index in [0.717, 1.165) is 5.56 Å². The molecule has 0 spiro atoms. The summed E-state index contributed by atoms with van der Waals surface area (Å²) in [5.41, 5.74) is 6.13. The number of halogens is 1. The zero-order valence-corrected chi connectivity index (χ0v) is 9.58. The average Bonchev–Trinajstić information content (AvgIpc) is 2.18. The number of hydrogen-bond donors (Lipinski definition) is 2. The summed E-state index contributed by atoms with van der Waals surface area (Å²) in [5.74, 6) is -0.367. The number of hydrogen-bond acceptors (Lipinski definition) is 2. The van der Waals surface area contributed by atoms with E-state index in [1.165, 1.54) is 0 Å². The first-order valence-corrected chi connectivity index (χ1v) is 5.20. The molecule has 0 fully saturated rings. The zero-order chi connectivity index (χ0) is 11.4. The van der Waals surface area contributed by atoms with Gasteiger partial charge in [-0.3, -0.25) is 10.1 Å². The number of primary amides is 1. The first kappa shape index (κ1) is 12.0. The Balaban J connectivity index is 2.73. The van der Waals surface area contributed by atoms with Crippen LogP contribution in [0.25, 0.3) is 0 Å². The minimum absolute atomic E-state index is 0.00111. The Hall–Kier alpha value is -1.06. The van der Waals surface area contributed by atoms with Gasteiger partial charge in [-0.1, -0.05) is 29.8 Å². The normalized spacial score (nSPS) is 14.6. The molecular formula is C11H15ClN2O. The third-order valence-electron chi connectivity index (χ3n) is 2.30. The van der Waals surface area contributed by atoms with Crippen molar-refractivity contribution in [3.63, 3.8) is 0 Å². The Labute approximate surface area is 94.6 Å². The summed E-state index contributed by atoms with van der Waals surface area (Å²) in [6, 6.07) is 7.17. The summed E-state index contributed by atoms with van der Waals surface area (Å²) in [6.45, 7) is 3.68. The van der Waals surface area contributed by atoms with Gasteiger partial charge in [0.15, 0.2) is 0 Å². The zero-order valence-electron chi connectivity index (χ0n) is 8.83. The average molecular weight is 227 g/mol. The fourth-order valence-electron chi connectivity index (χ4n) is 1.37. The molecule has 1 aromatic rings. The van der Waals surface area contributed by atoms with Crippen LogP contribution in [-0.4, -0.2) is 11.9 Å².